The summed E-state index contributed by atoms with van der Waals surface area (Å²) in [6.45, 7) is 5.83. The van der Waals surface area contributed by atoms with Gasteiger partial charge in [0.1, 0.15) is 5.76 Å². The number of nitrogens with zero attached hydrogens (tertiary/aromatic N) is 1. The van der Waals surface area contributed by atoms with Crippen molar-refractivity contribution < 1.29 is 14.0 Å². The summed E-state index contributed by atoms with van der Waals surface area (Å²) >= 11 is 0. The molecule has 1 aromatic heterocycles. The molecule has 1 unspecified atom stereocenters. The number of rotatable bonds is 6. The minimum Gasteiger partial charge on any atom is -0.467 e. The molecule has 0 radical (unpaired) electrons. The van der Waals surface area contributed by atoms with Crippen molar-refractivity contribution in [3.8, 4) is 0 Å². The summed E-state index contributed by atoms with van der Waals surface area (Å²) in [7, 11) is 0. The molecule has 5 heteroatoms. The highest BCUT2D eigenvalue weighted by Crippen LogP contribution is 2.04. The van der Waals surface area contributed by atoms with Gasteiger partial charge in [0, 0.05) is 13.0 Å². The first-order valence-corrected chi connectivity index (χ1v) is 6.10. The van der Waals surface area contributed by atoms with E-state index in [4.69, 9.17) is 4.42 Å². The Bertz CT molecular complexity index is 387. The third kappa shape index (κ3) is 4.24. The fourth-order valence-corrected chi connectivity index (χ4v) is 1.61. The maximum Gasteiger partial charge on any atom is 0.240 e. The highest BCUT2D eigenvalue weighted by Gasteiger charge is 2.18. The predicted octanol–water partition coefficient (Wildman–Crippen LogP) is 1.54. The van der Waals surface area contributed by atoms with Crippen molar-refractivity contribution in [2.75, 3.05) is 6.54 Å². The number of hydrogen-bond donors (Lipinski definition) is 1. The molecule has 0 spiro atoms. The Kier molecular flexibility index (Phi) is 5.42. The van der Waals surface area contributed by atoms with Gasteiger partial charge in [0.2, 0.25) is 11.8 Å². The first-order chi connectivity index (χ1) is 8.54. The van der Waals surface area contributed by atoms with E-state index >= 15 is 0 Å². The van der Waals surface area contributed by atoms with Gasteiger partial charge in [0.05, 0.1) is 19.4 Å². The van der Waals surface area contributed by atoms with E-state index in [0.29, 0.717) is 12.3 Å². The Labute approximate surface area is 107 Å². The van der Waals surface area contributed by atoms with Crippen LogP contribution in [0.3, 0.4) is 0 Å². The van der Waals surface area contributed by atoms with Gasteiger partial charge in [0.25, 0.3) is 0 Å². The molecule has 1 aromatic rings. The zero-order valence-corrected chi connectivity index (χ0v) is 11.1. The Morgan fingerprint density at radius 1 is 1.50 bits per heavy atom. The van der Waals surface area contributed by atoms with E-state index < -0.39 is 0 Å². The Morgan fingerprint density at radius 3 is 2.72 bits per heavy atom. The average Bonchev–Trinajstić information content (AvgIpc) is 2.85. The second-order valence-corrected chi connectivity index (χ2v) is 4.26. The average molecular weight is 252 g/mol. The molecule has 0 saturated heterocycles. The normalized spacial score (nSPS) is 11.9. The first kappa shape index (κ1) is 14.3. The molecule has 5 nitrogen and oxygen atoms in total. The fourth-order valence-electron chi connectivity index (χ4n) is 1.61. The van der Waals surface area contributed by atoms with Gasteiger partial charge in [-0.15, -0.1) is 0 Å². The van der Waals surface area contributed by atoms with Crippen LogP contribution in [0.1, 0.15) is 33.0 Å². The summed E-state index contributed by atoms with van der Waals surface area (Å²) < 4.78 is 5.11. The van der Waals surface area contributed by atoms with Gasteiger partial charge in [-0.3, -0.25) is 9.59 Å². The summed E-state index contributed by atoms with van der Waals surface area (Å²) in [5, 5.41) is 2.72. The highest BCUT2D eigenvalue weighted by atomic mass is 16.3. The van der Waals surface area contributed by atoms with Crippen LogP contribution in [0.25, 0.3) is 0 Å². The lowest BCUT2D eigenvalue weighted by Crippen LogP contribution is -2.44. The van der Waals surface area contributed by atoms with Gasteiger partial charge in [0.15, 0.2) is 0 Å². The fraction of sp³-hybridized carbons (Fsp3) is 0.538. The SMILES string of the molecule is CCC(C)N(CC(=O)NCc1ccco1)C(C)=O. The van der Waals surface area contributed by atoms with Crippen LogP contribution in [0.2, 0.25) is 0 Å². The highest BCUT2D eigenvalue weighted by molar-refractivity contribution is 5.83. The van der Waals surface area contributed by atoms with E-state index in [9.17, 15) is 9.59 Å². The van der Waals surface area contributed by atoms with E-state index in [-0.39, 0.29) is 24.4 Å². The molecule has 0 aliphatic heterocycles. The summed E-state index contributed by atoms with van der Waals surface area (Å²) in [5.41, 5.74) is 0. The number of carbonyl (C=O) groups is 2. The molecule has 1 rings (SSSR count). The predicted molar refractivity (Wildman–Crippen MR) is 67.7 cm³/mol. The Balaban J connectivity index is 2.44. The molecule has 0 fully saturated rings. The minimum absolute atomic E-state index is 0.0665. The van der Waals surface area contributed by atoms with E-state index in [1.807, 2.05) is 13.8 Å². The third-order valence-electron chi connectivity index (χ3n) is 2.88. The molecule has 2 amide bonds. The topological polar surface area (TPSA) is 62.6 Å². The standard InChI is InChI=1S/C13H20N2O3/c1-4-10(2)15(11(3)16)9-13(17)14-8-12-6-5-7-18-12/h5-7,10H,4,8-9H2,1-3H3,(H,14,17). The van der Waals surface area contributed by atoms with E-state index in [1.165, 1.54) is 6.92 Å². The molecule has 1 heterocycles. The molecule has 100 valence electrons. The molecule has 18 heavy (non-hydrogen) atoms. The van der Waals surface area contributed by atoms with Crippen molar-refractivity contribution in [2.45, 2.75) is 39.8 Å². The monoisotopic (exact) mass is 252 g/mol. The largest absolute Gasteiger partial charge is 0.467 e. The molecular weight excluding hydrogens is 232 g/mol. The molecule has 1 N–H and O–H groups in total. The number of furan rings is 1. The molecule has 0 bridgehead atoms. The van der Waals surface area contributed by atoms with Crippen LogP contribution in [0, 0.1) is 0 Å². The summed E-state index contributed by atoms with van der Waals surface area (Å²) in [4.78, 5) is 24.7. The van der Waals surface area contributed by atoms with Crippen LogP contribution in [-0.2, 0) is 16.1 Å². The van der Waals surface area contributed by atoms with E-state index in [0.717, 1.165) is 6.42 Å². The molecule has 1 atom stereocenters. The van der Waals surface area contributed by atoms with Crippen LogP contribution in [0.15, 0.2) is 22.8 Å². The van der Waals surface area contributed by atoms with Crippen molar-refractivity contribution in [3.05, 3.63) is 24.2 Å². The van der Waals surface area contributed by atoms with E-state index in [1.54, 1.807) is 23.3 Å². The molecular formula is C13H20N2O3. The van der Waals surface area contributed by atoms with Crippen molar-refractivity contribution in [3.63, 3.8) is 0 Å². The second-order valence-electron chi connectivity index (χ2n) is 4.26. The summed E-state index contributed by atoms with van der Waals surface area (Å²) in [6, 6.07) is 3.62. The zero-order valence-electron chi connectivity index (χ0n) is 11.1. The second kappa shape index (κ2) is 6.83. The maximum absolute atomic E-state index is 11.7. The smallest absolute Gasteiger partial charge is 0.240 e. The van der Waals surface area contributed by atoms with Crippen LogP contribution in [0.5, 0.6) is 0 Å². The molecule has 0 saturated carbocycles. The van der Waals surface area contributed by atoms with Gasteiger partial charge in [-0.05, 0) is 25.5 Å². The van der Waals surface area contributed by atoms with Gasteiger partial charge >= 0.3 is 0 Å². The lowest BCUT2D eigenvalue weighted by Gasteiger charge is -2.26. The van der Waals surface area contributed by atoms with Gasteiger partial charge < -0.3 is 14.6 Å². The zero-order chi connectivity index (χ0) is 13.5. The van der Waals surface area contributed by atoms with E-state index in [2.05, 4.69) is 5.32 Å². The molecule has 0 aliphatic carbocycles. The van der Waals surface area contributed by atoms with Gasteiger partial charge in [-0.1, -0.05) is 6.92 Å². The van der Waals surface area contributed by atoms with Crippen LogP contribution < -0.4 is 5.32 Å². The van der Waals surface area contributed by atoms with Crippen molar-refractivity contribution in [1.29, 1.82) is 0 Å². The molecule has 0 aliphatic rings. The van der Waals surface area contributed by atoms with Crippen molar-refractivity contribution in [2.24, 2.45) is 0 Å². The lowest BCUT2D eigenvalue weighted by atomic mass is 10.2. The Morgan fingerprint density at radius 2 is 2.22 bits per heavy atom. The van der Waals surface area contributed by atoms with Gasteiger partial charge in [-0.25, -0.2) is 0 Å². The number of amides is 2. The number of nitrogens with one attached hydrogen (secondary N) is 1. The van der Waals surface area contributed by atoms with Crippen molar-refractivity contribution in [1.82, 2.24) is 10.2 Å². The van der Waals surface area contributed by atoms with Crippen LogP contribution in [-0.4, -0.2) is 29.3 Å². The van der Waals surface area contributed by atoms with Crippen molar-refractivity contribution >= 4 is 11.8 Å². The first-order valence-electron chi connectivity index (χ1n) is 6.10. The third-order valence-corrected chi connectivity index (χ3v) is 2.88. The quantitative estimate of drug-likeness (QED) is 0.835. The number of hydrogen-bond acceptors (Lipinski definition) is 3. The summed E-state index contributed by atoms with van der Waals surface area (Å²) in [5.74, 6) is 0.431. The van der Waals surface area contributed by atoms with Gasteiger partial charge in [-0.2, -0.15) is 0 Å². The minimum atomic E-state index is -0.179. The summed E-state index contributed by atoms with van der Waals surface area (Å²) in [6.07, 6.45) is 2.38. The lowest BCUT2D eigenvalue weighted by molar-refractivity contribution is -0.136. The number of carbonyl (C=O) groups excluding carboxylic acids is 2. The Hall–Kier alpha value is -1.78. The van der Waals surface area contributed by atoms with Crippen LogP contribution >= 0.6 is 0 Å². The molecule has 0 aromatic carbocycles. The van der Waals surface area contributed by atoms with Crippen LogP contribution in [0.4, 0.5) is 0 Å². The maximum atomic E-state index is 11.7.